The van der Waals surface area contributed by atoms with Gasteiger partial charge in [-0.15, -0.1) is 0 Å². The van der Waals surface area contributed by atoms with Crippen molar-refractivity contribution < 1.29 is 31.6 Å². The second-order valence-corrected chi connectivity index (χ2v) is 5.53. The summed E-state index contributed by atoms with van der Waals surface area (Å²) in [7, 11) is -5.62. The van der Waals surface area contributed by atoms with Gasteiger partial charge in [0.1, 0.15) is 6.10 Å². The van der Waals surface area contributed by atoms with E-state index in [4.69, 9.17) is 4.55 Å². The van der Waals surface area contributed by atoms with Crippen LogP contribution in [-0.2, 0) is 14.9 Å². The number of rotatable bonds is 6. The lowest BCUT2D eigenvalue weighted by molar-refractivity contribution is -0.183. The van der Waals surface area contributed by atoms with Gasteiger partial charge >= 0.3 is 15.4 Å². The van der Waals surface area contributed by atoms with Crippen LogP contribution in [0.2, 0.25) is 0 Å². The van der Waals surface area contributed by atoms with Crippen LogP contribution < -0.4 is 0 Å². The third-order valence-corrected chi connectivity index (χ3v) is 3.63. The van der Waals surface area contributed by atoms with Crippen LogP contribution in [0.5, 0.6) is 0 Å². The maximum absolute atomic E-state index is 13.2. The van der Waals surface area contributed by atoms with E-state index in [0.29, 0.717) is 0 Å². The predicted octanol–water partition coefficient (Wildman–Crippen LogP) is 2.21. The zero-order chi connectivity index (χ0) is 15.6. The van der Waals surface area contributed by atoms with Crippen molar-refractivity contribution in [1.82, 2.24) is 0 Å². The van der Waals surface area contributed by atoms with Gasteiger partial charge in [0.05, 0.1) is 0 Å². The van der Waals surface area contributed by atoms with Crippen molar-refractivity contribution in [2.24, 2.45) is 0 Å². The fourth-order valence-electron chi connectivity index (χ4n) is 1.36. The van der Waals surface area contributed by atoms with Crippen LogP contribution in [0.4, 0.5) is 8.78 Å². The van der Waals surface area contributed by atoms with Crippen molar-refractivity contribution in [3.63, 3.8) is 0 Å². The molecule has 1 aromatic rings. The summed E-state index contributed by atoms with van der Waals surface area (Å²) >= 11 is 0. The second kappa shape index (κ2) is 5.96. The van der Waals surface area contributed by atoms with Crippen LogP contribution in [-0.4, -0.2) is 29.4 Å². The van der Waals surface area contributed by atoms with Gasteiger partial charge < -0.3 is 9.84 Å². The molecule has 1 aromatic carbocycles. The molecule has 2 N–H and O–H groups in total. The number of aliphatic hydroxyl groups is 1. The highest BCUT2D eigenvalue weighted by atomic mass is 32.2. The Labute approximate surface area is 115 Å². The van der Waals surface area contributed by atoms with E-state index in [-0.39, 0.29) is 5.56 Å². The molecule has 0 aliphatic heterocycles. The van der Waals surface area contributed by atoms with Gasteiger partial charge in [0.15, 0.2) is 6.29 Å². The normalized spacial score (nSPS) is 15.7. The van der Waals surface area contributed by atoms with Gasteiger partial charge in [-0.05, 0) is 12.5 Å². The molecule has 0 saturated carbocycles. The van der Waals surface area contributed by atoms with Gasteiger partial charge in [0.2, 0.25) is 0 Å². The first-order chi connectivity index (χ1) is 9.09. The summed E-state index contributed by atoms with van der Waals surface area (Å²) in [6, 6.07) is 5.97. The SMILES string of the molecule is C=Cc1ccc(C(O)OC(C)C(F)(F)S(=O)(=O)O)cc1. The molecule has 0 aromatic heterocycles. The fourth-order valence-corrected chi connectivity index (χ4v) is 1.83. The van der Waals surface area contributed by atoms with E-state index in [1.165, 1.54) is 12.1 Å². The smallest absolute Gasteiger partial charge is 0.364 e. The minimum Gasteiger partial charge on any atom is -0.364 e. The van der Waals surface area contributed by atoms with E-state index in [1.807, 2.05) is 0 Å². The molecule has 20 heavy (non-hydrogen) atoms. The standard InChI is InChI=1S/C12H14F2O5S/c1-3-9-4-6-10(7-5-9)11(15)19-8(2)12(13,14)20(16,17)18/h3-8,11,15H,1H2,2H3,(H,16,17,18). The van der Waals surface area contributed by atoms with E-state index >= 15 is 0 Å². The topological polar surface area (TPSA) is 83.8 Å². The average Bonchev–Trinajstić information content (AvgIpc) is 2.37. The molecule has 0 bridgehead atoms. The molecule has 0 amide bonds. The van der Waals surface area contributed by atoms with Crippen molar-refractivity contribution in [1.29, 1.82) is 0 Å². The Kier molecular flexibility index (Phi) is 4.98. The van der Waals surface area contributed by atoms with Gasteiger partial charge in [-0.3, -0.25) is 4.55 Å². The molecule has 0 aliphatic rings. The third-order valence-electron chi connectivity index (χ3n) is 2.61. The monoisotopic (exact) mass is 308 g/mol. The highest BCUT2D eigenvalue weighted by Gasteiger charge is 2.51. The Balaban J connectivity index is 2.84. The molecule has 0 fully saturated rings. The first-order valence-corrected chi connectivity index (χ1v) is 6.94. The predicted molar refractivity (Wildman–Crippen MR) is 68.5 cm³/mol. The van der Waals surface area contributed by atoms with E-state index in [1.54, 1.807) is 18.2 Å². The Bertz CT molecular complexity index is 568. The molecular formula is C12H14F2O5S. The quantitative estimate of drug-likeness (QED) is 0.622. The lowest BCUT2D eigenvalue weighted by Crippen LogP contribution is -2.41. The van der Waals surface area contributed by atoms with E-state index in [2.05, 4.69) is 11.3 Å². The number of benzene rings is 1. The summed E-state index contributed by atoms with van der Waals surface area (Å²) in [5, 5.41) is 5.11. The molecule has 0 spiro atoms. The summed E-state index contributed by atoms with van der Waals surface area (Å²) < 4.78 is 60.5. The minimum absolute atomic E-state index is 0.161. The number of halogens is 2. The van der Waals surface area contributed by atoms with Gasteiger partial charge in [0.25, 0.3) is 0 Å². The van der Waals surface area contributed by atoms with E-state index in [9.17, 15) is 22.3 Å². The number of hydrogen-bond donors (Lipinski definition) is 2. The summed E-state index contributed by atoms with van der Waals surface area (Å²) in [5.41, 5.74) is 0.908. The van der Waals surface area contributed by atoms with Crippen molar-refractivity contribution in [2.45, 2.75) is 24.6 Å². The first kappa shape index (κ1) is 16.7. The molecular weight excluding hydrogens is 294 g/mol. The lowest BCUT2D eigenvalue weighted by atomic mass is 10.1. The highest BCUT2D eigenvalue weighted by Crippen LogP contribution is 2.30. The van der Waals surface area contributed by atoms with Crippen LogP contribution in [0.1, 0.15) is 24.3 Å². The van der Waals surface area contributed by atoms with E-state index < -0.39 is 27.8 Å². The van der Waals surface area contributed by atoms with Crippen molar-refractivity contribution in [3.8, 4) is 0 Å². The Morgan fingerprint density at radius 3 is 2.25 bits per heavy atom. The molecule has 8 heteroatoms. The highest BCUT2D eigenvalue weighted by molar-refractivity contribution is 7.86. The molecule has 112 valence electrons. The summed E-state index contributed by atoms with van der Waals surface area (Å²) in [5.74, 6) is 0. The number of ether oxygens (including phenoxy) is 1. The van der Waals surface area contributed by atoms with Gasteiger partial charge in [-0.1, -0.05) is 36.9 Å². The zero-order valence-electron chi connectivity index (χ0n) is 10.5. The van der Waals surface area contributed by atoms with Crippen LogP contribution in [0.3, 0.4) is 0 Å². The molecule has 0 aliphatic carbocycles. The number of aliphatic hydroxyl groups excluding tert-OH is 1. The number of hydrogen-bond acceptors (Lipinski definition) is 4. The minimum atomic E-state index is -5.62. The largest absolute Gasteiger partial charge is 0.395 e. The van der Waals surface area contributed by atoms with Crippen molar-refractivity contribution >= 4 is 16.2 Å². The Morgan fingerprint density at radius 2 is 1.85 bits per heavy atom. The van der Waals surface area contributed by atoms with Gasteiger partial charge in [-0.2, -0.15) is 17.2 Å². The van der Waals surface area contributed by atoms with Crippen LogP contribution >= 0.6 is 0 Å². The zero-order valence-corrected chi connectivity index (χ0v) is 11.3. The first-order valence-electron chi connectivity index (χ1n) is 5.50. The Morgan fingerprint density at radius 1 is 1.35 bits per heavy atom. The summed E-state index contributed by atoms with van der Waals surface area (Å²) in [6.45, 7) is 4.26. The maximum Gasteiger partial charge on any atom is 0.395 e. The molecule has 0 radical (unpaired) electrons. The fraction of sp³-hybridized carbons (Fsp3) is 0.333. The molecule has 1 rings (SSSR count). The van der Waals surface area contributed by atoms with Crippen molar-refractivity contribution in [3.05, 3.63) is 42.0 Å². The van der Waals surface area contributed by atoms with Crippen LogP contribution in [0.25, 0.3) is 6.08 Å². The lowest BCUT2D eigenvalue weighted by Gasteiger charge is -2.23. The van der Waals surface area contributed by atoms with Gasteiger partial charge in [-0.25, -0.2) is 0 Å². The third kappa shape index (κ3) is 3.60. The molecule has 2 atom stereocenters. The van der Waals surface area contributed by atoms with Gasteiger partial charge in [0, 0.05) is 5.56 Å². The average molecular weight is 308 g/mol. The molecule has 2 unspecified atom stereocenters. The van der Waals surface area contributed by atoms with E-state index in [0.717, 1.165) is 12.5 Å². The molecule has 0 heterocycles. The molecule has 5 nitrogen and oxygen atoms in total. The summed E-state index contributed by atoms with van der Waals surface area (Å²) in [6.07, 6.45) is -2.44. The van der Waals surface area contributed by atoms with Crippen LogP contribution in [0.15, 0.2) is 30.8 Å². The number of alkyl halides is 2. The Hall–Kier alpha value is -1.35. The van der Waals surface area contributed by atoms with Crippen LogP contribution in [0, 0.1) is 0 Å². The second-order valence-electron chi connectivity index (χ2n) is 4.04. The van der Waals surface area contributed by atoms with Crippen molar-refractivity contribution in [2.75, 3.05) is 0 Å². The summed E-state index contributed by atoms with van der Waals surface area (Å²) in [4.78, 5) is 0. The molecule has 0 saturated heterocycles. The maximum atomic E-state index is 13.2.